The number of hydrogen-bond donors (Lipinski definition) is 1. The van der Waals surface area contributed by atoms with E-state index in [1.54, 1.807) is 36.4 Å². The lowest BCUT2D eigenvalue weighted by Gasteiger charge is -2.49. The summed E-state index contributed by atoms with van der Waals surface area (Å²) >= 11 is 6.01. The van der Waals surface area contributed by atoms with Gasteiger partial charge in [0, 0.05) is 11.5 Å². The van der Waals surface area contributed by atoms with Crippen molar-refractivity contribution >= 4 is 40.9 Å². The van der Waals surface area contributed by atoms with Crippen molar-refractivity contribution in [3.63, 3.8) is 0 Å². The fourth-order valence-corrected chi connectivity index (χ4v) is 8.35. The van der Waals surface area contributed by atoms with Crippen LogP contribution in [0.1, 0.15) is 36.8 Å². The molecule has 8 nitrogen and oxygen atoms in total. The monoisotopic (exact) mass is 682 g/mol. The molecule has 3 fully saturated rings. The second kappa shape index (κ2) is 11.2. The summed E-state index contributed by atoms with van der Waals surface area (Å²) in [7, 11) is 0. The Hall–Kier alpha value is -4.71. The number of likely N-dealkylation sites (tertiary alicyclic amines) is 1. The van der Waals surface area contributed by atoms with Gasteiger partial charge >= 0.3 is 6.36 Å². The highest BCUT2D eigenvalue weighted by Crippen LogP contribution is 2.64. The van der Waals surface area contributed by atoms with Crippen LogP contribution in [-0.4, -0.2) is 40.0 Å². The minimum Gasteiger partial charge on any atom is -0.508 e. The topological polar surface area (TPSA) is 104 Å². The number of imide groups is 2. The molecule has 0 spiro atoms. The second-order valence-corrected chi connectivity index (χ2v) is 13.2. The summed E-state index contributed by atoms with van der Waals surface area (Å²) in [5.41, 5.74) is -0.623. The van der Waals surface area contributed by atoms with E-state index in [9.17, 15) is 41.8 Å². The van der Waals surface area contributed by atoms with Gasteiger partial charge in [-0.2, -0.15) is 0 Å². The molecule has 2 aliphatic carbocycles. The molecular formula is C35H27ClF4N2O6. The molecule has 1 saturated carbocycles. The van der Waals surface area contributed by atoms with Gasteiger partial charge in [-0.3, -0.25) is 24.1 Å². The number of carbonyl (C=O) groups is 4. The number of aromatic hydroxyl groups is 1. The van der Waals surface area contributed by atoms with E-state index in [0.717, 1.165) is 40.8 Å². The van der Waals surface area contributed by atoms with Crippen LogP contribution in [0.4, 0.5) is 23.2 Å². The second-order valence-electron chi connectivity index (χ2n) is 12.8. The van der Waals surface area contributed by atoms with E-state index in [0.29, 0.717) is 5.57 Å². The number of alkyl halides is 3. The third-order valence-corrected chi connectivity index (χ3v) is 10.5. The summed E-state index contributed by atoms with van der Waals surface area (Å²) in [6.07, 6.45) is -3.29. The maximum Gasteiger partial charge on any atom is 0.573 e. The Kier molecular flexibility index (Phi) is 7.43. The molecule has 1 N–H and O–H groups in total. The molecule has 13 heteroatoms. The Morgan fingerprint density at radius 2 is 1.69 bits per heavy atom. The number of amides is 4. The Morgan fingerprint density at radius 1 is 0.958 bits per heavy atom. The normalized spacial score (nSPS) is 28.3. The van der Waals surface area contributed by atoms with Crippen LogP contribution in [0.25, 0.3) is 0 Å². The van der Waals surface area contributed by atoms with Crippen molar-refractivity contribution in [2.75, 3.05) is 4.90 Å². The molecule has 2 aliphatic heterocycles. The van der Waals surface area contributed by atoms with Gasteiger partial charge in [0.2, 0.25) is 23.6 Å². The maximum absolute atomic E-state index is 14.5. The van der Waals surface area contributed by atoms with E-state index in [-0.39, 0.29) is 41.6 Å². The number of phenols is 1. The molecule has 2 heterocycles. The lowest BCUT2D eigenvalue weighted by Crippen LogP contribution is -2.48. The number of hydrogen-bond acceptors (Lipinski definition) is 6. The van der Waals surface area contributed by atoms with Crippen LogP contribution in [0.5, 0.6) is 11.5 Å². The van der Waals surface area contributed by atoms with Crippen molar-refractivity contribution in [3.05, 3.63) is 100 Å². The number of fused-ring (bicyclic) bond motifs is 4. The van der Waals surface area contributed by atoms with E-state index < -0.39 is 76.4 Å². The van der Waals surface area contributed by atoms with Gasteiger partial charge in [-0.1, -0.05) is 53.6 Å². The average Bonchev–Trinajstić information content (AvgIpc) is 3.39. The zero-order valence-corrected chi connectivity index (χ0v) is 26.0. The van der Waals surface area contributed by atoms with Crippen molar-refractivity contribution in [2.45, 2.75) is 38.6 Å². The van der Waals surface area contributed by atoms with E-state index >= 15 is 0 Å². The van der Waals surface area contributed by atoms with Crippen LogP contribution in [0.15, 0.2) is 78.4 Å². The van der Waals surface area contributed by atoms with Gasteiger partial charge in [-0.15, -0.1) is 13.2 Å². The summed E-state index contributed by atoms with van der Waals surface area (Å²) < 4.78 is 58.1. The Balaban J connectivity index is 1.36. The first-order valence-corrected chi connectivity index (χ1v) is 15.6. The average molecular weight is 683 g/mol. The Labute approximate surface area is 276 Å². The van der Waals surface area contributed by atoms with Gasteiger partial charge in [-0.05, 0) is 67.6 Å². The van der Waals surface area contributed by atoms with Gasteiger partial charge in [-0.25, -0.2) is 9.29 Å². The molecule has 2 saturated heterocycles. The summed E-state index contributed by atoms with van der Waals surface area (Å²) in [5.74, 6) is -8.95. The van der Waals surface area contributed by atoms with E-state index in [1.165, 1.54) is 17.9 Å². The first-order chi connectivity index (χ1) is 22.7. The van der Waals surface area contributed by atoms with Crippen LogP contribution >= 0.6 is 11.6 Å². The highest BCUT2D eigenvalue weighted by atomic mass is 35.5. The van der Waals surface area contributed by atoms with Crippen LogP contribution in [0.2, 0.25) is 5.02 Å². The molecule has 4 amide bonds. The molecule has 3 aromatic rings. The number of allylic oxidation sites excluding steroid dienone is 2. The predicted octanol–water partition coefficient (Wildman–Crippen LogP) is 6.51. The molecule has 0 aromatic heterocycles. The smallest absolute Gasteiger partial charge is 0.508 e. The third-order valence-electron chi connectivity index (χ3n) is 10.3. The number of nitrogens with zero attached hydrogens (tertiary/aromatic N) is 2. The number of anilines is 1. The highest BCUT2D eigenvalue weighted by molar-refractivity contribution is 6.31. The number of rotatable bonds is 5. The Morgan fingerprint density at radius 3 is 2.38 bits per heavy atom. The summed E-state index contributed by atoms with van der Waals surface area (Å²) in [4.78, 5) is 58.5. The SMILES string of the molecule is C[C@@]12C(=O)N(c3ccc(F)c(Cl)c3)C(=O)[C@@H]1C[C@@H]1C(=CC[C@@H]3C(=O)N(Cc4ccccc4)C(=O)[C@@H]31)[C@@H]2c1cc(OC(F)(F)F)ccc1O. The first kappa shape index (κ1) is 31.9. The van der Waals surface area contributed by atoms with Crippen molar-refractivity contribution in [2.24, 2.45) is 29.1 Å². The quantitative estimate of drug-likeness (QED) is 0.187. The van der Waals surface area contributed by atoms with Crippen molar-refractivity contribution in [1.29, 1.82) is 0 Å². The van der Waals surface area contributed by atoms with E-state index in [4.69, 9.17) is 11.6 Å². The molecule has 3 aromatic carbocycles. The van der Waals surface area contributed by atoms with Gasteiger partial charge in [0.1, 0.15) is 17.3 Å². The number of phenolic OH excluding ortho intramolecular Hbond substituents is 1. The number of ether oxygens (including phenoxy) is 1. The minimum absolute atomic E-state index is 0.0138. The lowest BCUT2D eigenvalue weighted by atomic mass is 9.51. The molecule has 4 aliphatic rings. The first-order valence-electron chi connectivity index (χ1n) is 15.2. The fourth-order valence-electron chi connectivity index (χ4n) is 8.18. The van der Waals surface area contributed by atoms with Crippen molar-refractivity contribution in [3.8, 4) is 11.5 Å². The van der Waals surface area contributed by atoms with Crippen LogP contribution in [0.3, 0.4) is 0 Å². The molecule has 48 heavy (non-hydrogen) atoms. The highest BCUT2D eigenvalue weighted by Gasteiger charge is 2.68. The zero-order chi connectivity index (χ0) is 34.3. The van der Waals surface area contributed by atoms with Gasteiger partial charge < -0.3 is 9.84 Å². The van der Waals surface area contributed by atoms with Crippen LogP contribution < -0.4 is 9.64 Å². The number of halogens is 5. The molecule has 0 bridgehead atoms. The molecule has 0 unspecified atom stereocenters. The number of carbonyl (C=O) groups excluding carboxylic acids is 4. The van der Waals surface area contributed by atoms with E-state index in [2.05, 4.69) is 4.74 Å². The van der Waals surface area contributed by atoms with Crippen molar-refractivity contribution < 1.29 is 46.6 Å². The molecule has 6 atom stereocenters. The number of benzene rings is 3. The van der Waals surface area contributed by atoms with Crippen LogP contribution in [0, 0.1) is 34.9 Å². The minimum atomic E-state index is -5.07. The summed E-state index contributed by atoms with van der Waals surface area (Å²) in [5, 5.41) is 10.8. The lowest BCUT2D eigenvalue weighted by molar-refractivity contribution is -0.274. The molecule has 0 radical (unpaired) electrons. The van der Waals surface area contributed by atoms with E-state index in [1.807, 2.05) is 0 Å². The third kappa shape index (κ3) is 4.87. The molecular weight excluding hydrogens is 656 g/mol. The van der Waals surface area contributed by atoms with Crippen molar-refractivity contribution in [1.82, 2.24) is 4.90 Å². The largest absolute Gasteiger partial charge is 0.573 e. The van der Waals surface area contributed by atoms with Gasteiger partial charge in [0.15, 0.2) is 0 Å². The molecule has 248 valence electrons. The molecule has 7 rings (SSSR count). The Bertz CT molecular complexity index is 1920. The standard InChI is InChI=1S/C35H27ClF4N2O6/c1-34-24(31(45)42(33(34)47)18-7-11-26(37)25(36)13-18)15-22-20(29(34)23-14-19(8-12-27(23)43)48-35(38,39)40)9-10-21-28(22)32(46)41(30(21)44)16-17-5-3-2-4-6-17/h2-9,11-14,21-22,24,28-29,43H,10,15-16H2,1H3/t21-,22+,24-,28-,29+,34+/m0/s1. The summed E-state index contributed by atoms with van der Waals surface area (Å²) in [6, 6.07) is 15.2. The maximum atomic E-state index is 14.5. The fraction of sp³-hybridized carbons (Fsp3) is 0.314. The summed E-state index contributed by atoms with van der Waals surface area (Å²) in [6.45, 7) is 1.53. The van der Waals surface area contributed by atoms with Crippen LogP contribution in [-0.2, 0) is 25.7 Å². The van der Waals surface area contributed by atoms with Gasteiger partial charge in [0.05, 0.1) is 40.4 Å². The van der Waals surface area contributed by atoms with Gasteiger partial charge in [0.25, 0.3) is 0 Å². The zero-order valence-electron chi connectivity index (χ0n) is 25.2. The predicted molar refractivity (Wildman–Crippen MR) is 163 cm³/mol.